The van der Waals surface area contributed by atoms with E-state index in [2.05, 4.69) is 20.4 Å². The van der Waals surface area contributed by atoms with Gasteiger partial charge in [-0.2, -0.15) is 5.10 Å². The molecule has 2 aromatic heterocycles. The lowest BCUT2D eigenvalue weighted by molar-refractivity contribution is 0.102. The second kappa shape index (κ2) is 5.22. The Balaban J connectivity index is 1.75. The highest BCUT2D eigenvalue weighted by Crippen LogP contribution is 2.16. The van der Waals surface area contributed by atoms with E-state index in [0.29, 0.717) is 10.7 Å². The van der Waals surface area contributed by atoms with Gasteiger partial charge in [0.25, 0.3) is 5.91 Å². The van der Waals surface area contributed by atoms with E-state index < -0.39 is 0 Å². The van der Waals surface area contributed by atoms with Crippen LogP contribution in [0.2, 0.25) is 0 Å². The van der Waals surface area contributed by atoms with Crippen molar-refractivity contribution in [3.05, 3.63) is 53.6 Å². The number of amides is 1. The van der Waals surface area contributed by atoms with Crippen LogP contribution in [0.25, 0.3) is 5.69 Å². The van der Waals surface area contributed by atoms with E-state index in [-0.39, 0.29) is 5.91 Å². The van der Waals surface area contributed by atoms with E-state index in [1.54, 1.807) is 23.1 Å². The molecule has 0 aliphatic heterocycles. The molecule has 20 heavy (non-hydrogen) atoms. The van der Waals surface area contributed by atoms with Gasteiger partial charge in [-0.15, -0.1) is 11.3 Å². The lowest BCUT2D eigenvalue weighted by Gasteiger charge is -2.03. The number of aromatic nitrogens is 4. The van der Waals surface area contributed by atoms with E-state index in [1.807, 2.05) is 24.4 Å². The van der Waals surface area contributed by atoms with Crippen LogP contribution in [0.5, 0.6) is 0 Å². The Hall–Kier alpha value is -2.54. The lowest BCUT2D eigenvalue weighted by atomic mass is 10.2. The average molecular weight is 285 g/mol. The molecule has 1 amide bonds. The molecule has 0 saturated heterocycles. The van der Waals surface area contributed by atoms with Crippen LogP contribution in [-0.2, 0) is 0 Å². The molecule has 3 rings (SSSR count). The van der Waals surface area contributed by atoms with Crippen LogP contribution < -0.4 is 5.32 Å². The molecule has 0 spiro atoms. The molecule has 0 bridgehead atoms. The molecule has 0 saturated carbocycles. The van der Waals surface area contributed by atoms with Crippen LogP contribution >= 0.6 is 11.3 Å². The number of nitrogens with one attached hydrogen (secondary N) is 1. The van der Waals surface area contributed by atoms with Gasteiger partial charge in [0.15, 0.2) is 5.13 Å². The Kier molecular flexibility index (Phi) is 3.26. The molecule has 7 heteroatoms. The minimum Gasteiger partial charge on any atom is -0.298 e. The van der Waals surface area contributed by atoms with Crippen LogP contribution in [0.3, 0.4) is 0 Å². The van der Waals surface area contributed by atoms with E-state index >= 15 is 0 Å². The first kappa shape index (κ1) is 12.5. The fraction of sp³-hybridized carbons (Fsp3) is 0.0769. The largest absolute Gasteiger partial charge is 0.298 e. The number of thiazole rings is 1. The summed E-state index contributed by atoms with van der Waals surface area (Å²) in [5.41, 5.74) is 2.32. The number of nitrogens with zero attached hydrogens (tertiary/aromatic N) is 4. The fourth-order valence-corrected chi connectivity index (χ4v) is 2.37. The first-order valence-corrected chi connectivity index (χ1v) is 6.79. The summed E-state index contributed by atoms with van der Waals surface area (Å²) in [6.07, 6.45) is 3.07. The van der Waals surface area contributed by atoms with Gasteiger partial charge in [0.2, 0.25) is 0 Å². The zero-order valence-corrected chi connectivity index (χ0v) is 11.5. The molecule has 1 N–H and O–H groups in total. The van der Waals surface area contributed by atoms with Gasteiger partial charge in [-0.1, -0.05) is 0 Å². The minimum absolute atomic E-state index is 0.176. The summed E-state index contributed by atoms with van der Waals surface area (Å²) in [4.78, 5) is 20.1. The van der Waals surface area contributed by atoms with Gasteiger partial charge >= 0.3 is 0 Å². The average Bonchev–Trinajstić information content (AvgIpc) is 3.11. The number of hydrogen-bond acceptors (Lipinski definition) is 5. The Morgan fingerprint density at radius 1 is 1.30 bits per heavy atom. The maximum Gasteiger partial charge on any atom is 0.257 e. The van der Waals surface area contributed by atoms with E-state index in [4.69, 9.17) is 0 Å². The standard InChI is InChI=1S/C13H11N5OS/c1-9-6-20-13(16-9)17-12(19)10-2-4-11(5-3-10)18-8-14-7-15-18/h2-8H,1H3,(H,16,17,19). The van der Waals surface area contributed by atoms with Crippen LogP contribution in [0.15, 0.2) is 42.3 Å². The third-order valence-electron chi connectivity index (χ3n) is 2.65. The van der Waals surface area contributed by atoms with Crippen LogP contribution in [0, 0.1) is 6.92 Å². The van der Waals surface area contributed by atoms with Gasteiger partial charge in [0, 0.05) is 10.9 Å². The summed E-state index contributed by atoms with van der Waals surface area (Å²) in [5.74, 6) is -0.176. The Labute approximate surface area is 119 Å². The molecule has 0 fully saturated rings. The van der Waals surface area contributed by atoms with Crippen molar-refractivity contribution in [2.24, 2.45) is 0 Å². The quantitative estimate of drug-likeness (QED) is 0.801. The smallest absolute Gasteiger partial charge is 0.257 e. The molecule has 100 valence electrons. The van der Waals surface area contributed by atoms with Crippen LogP contribution in [-0.4, -0.2) is 25.7 Å². The highest BCUT2D eigenvalue weighted by molar-refractivity contribution is 7.13. The lowest BCUT2D eigenvalue weighted by Crippen LogP contribution is -2.11. The van der Waals surface area contributed by atoms with Crippen molar-refractivity contribution in [2.45, 2.75) is 6.92 Å². The first-order valence-electron chi connectivity index (χ1n) is 5.91. The number of rotatable bonds is 3. The normalized spacial score (nSPS) is 10.4. The van der Waals surface area contributed by atoms with Gasteiger partial charge in [0.05, 0.1) is 11.4 Å². The van der Waals surface area contributed by atoms with Gasteiger partial charge in [-0.25, -0.2) is 14.6 Å². The van der Waals surface area contributed by atoms with Gasteiger partial charge in [-0.05, 0) is 31.2 Å². The summed E-state index contributed by atoms with van der Waals surface area (Å²) in [6, 6.07) is 7.12. The van der Waals surface area contributed by atoms with Crippen molar-refractivity contribution >= 4 is 22.4 Å². The van der Waals surface area contributed by atoms with Crippen LogP contribution in [0.4, 0.5) is 5.13 Å². The Bertz CT molecular complexity index is 718. The molecular formula is C13H11N5OS. The van der Waals surface area contributed by atoms with Gasteiger partial charge < -0.3 is 0 Å². The number of hydrogen-bond donors (Lipinski definition) is 1. The maximum absolute atomic E-state index is 12.0. The maximum atomic E-state index is 12.0. The van der Waals surface area contributed by atoms with E-state index in [1.165, 1.54) is 17.7 Å². The highest BCUT2D eigenvalue weighted by atomic mass is 32.1. The summed E-state index contributed by atoms with van der Waals surface area (Å²) < 4.78 is 1.63. The minimum atomic E-state index is -0.176. The molecule has 0 unspecified atom stereocenters. The molecular weight excluding hydrogens is 274 g/mol. The predicted molar refractivity (Wildman–Crippen MR) is 76.2 cm³/mol. The van der Waals surface area contributed by atoms with E-state index in [0.717, 1.165) is 11.4 Å². The summed E-state index contributed by atoms with van der Waals surface area (Å²) in [5, 5.41) is 9.29. The molecule has 0 atom stereocenters. The van der Waals surface area contributed by atoms with Crippen molar-refractivity contribution < 1.29 is 4.79 Å². The fourth-order valence-electron chi connectivity index (χ4n) is 1.69. The zero-order chi connectivity index (χ0) is 13.9. The van der Waals surface area contributed by atoms with Gasteiger partial charge in [-0.3, -0.25) is 10.1 Å². The molecule has 6 nitrogen and oxygen atoms in total. The molecule has 0 radical (unpaired) electrons. The zero-order valence-electron chi connectivity index (χ0n) is 10.6. The summed E-state index contributed by atoms with van der Waals surface area (Å²) in [6.45, 7) is 1.89. The second-order valence-electron chi connectivity index (χ2n) is 4.14. The third kappa shape index (κ3) is 2.57. The van der Waals surface area contributed by atoms with Gasteiger partial charge in [0.1, 0.15) is 12.7 Å². The van der Waals surface area contributed by atoms with Crippen molar-refractivity contribution in [1.82, 2.24) is 19.7 Å². The number of carbonyl (C=O) groups is 1. The summed E-state index contributed by atoms with van der Waals surface area (Å²) in [7, 11) is 0. The van der Waals surface area contributed by atoms with Crippen LogP contribution in [0.1, 0.15) is 16.1 Å². The predicted octanol–water partition coefficient (Wildman–Crippen LogP) is 2.28. The van der Waals surface area contributed by atoms with E-state index in [9.17, 15) is 4.79 Å². The molecule has 1 aromatic carbocycles. The number of anilines is 1. The number of aryl methyl sites for hydroxylation is 1. The number of carbonyl (C=O) groups excluding carboxylic acids is 1. The topological polar surface area (TPSA) is 72.7 Å². The molecule has 0 aliphatic rings. The molecule has 2 heterocycles. The van der Waals surface area contributed by atoms with Crippen molar-refractivity contribution in [2.75, 3.05) is 5.32 Å². The number of benzene rings is 1. The second-order valence-corrected chi connectivity index (χ2v) is 4.99. The monoisotopic (exact) mass is 285 g/mol. The van der Waals surface area contributed by atoms with Crippen molar-refractivity contribution in [3.8, 4) is 5.69 Å². The first-order chi connectivity index (χ1) is 9.72. The Morgan fingerprint density at radius 2 is 2.10 bits per heavy atom. The molecule has 3 aromatic rings. The Morgan fingerprint density at radius 3 is 2.70 bits per heavy atom. The van der Waals surface area contributed by atoms with Crippen molar-refractivity contribution in [1.29, 1.82) is 0 Å². The molecule has 0 aliphatic carbocycles. The van der Waals surface area contributed by atoms with Crippen molar-refractivity contribution in [3.63, 3.8) is 0 Å². The summed E-state index contributed by atoms with van der Waals surface area (Å²) >= 11 is 1.41. The SMILES string of the molecule is Cc1csc(NC(=O)c2ccc(-n3cncn3)cc2)n1. The highest BCUT2D eigenvalue weighted by Gasteiger charge is 2.08. The third-order valence-corrected chi connectivity index (χ3v) is 3.53.